The lowest BCUT2D eigenvalue weighted by molar-refractivity contribution is -0.125. The van der Waals surface area contributed by atoms with Crippen molar-refractivity contribution in [2.75, 3.05) is 31.6 Å². The number of nitrogens with zero attached hydrogens (tertiary/aromatic N) is 3. The maximum absolute atomic E-state index is 12.6. The highest BCUT2D eigenvalue weighted by atomic mass is 32.1. The standard InChI is InChI=1S/C21H24N4O3S/c1-27-18-6-4-16(5-7-18)19-23-21(28-24-19)25-11-2-3-17(13-25)20(26)22-10-8-15-9-12-29-14-15/h4-7,9,12,14,17H,2-3,8,10-11,13H2,1H3,(H,22,26)/t17-/m1/s1. The van der Waals surface area contributed by atoms with Crippen molar-refractivity contribution in [3.63, 3.8) is 0 Å². The van der Waals surface area contributed by atoms with E-state index < -0.39 is 0 Å². The number of methoxy groups -OCH3 is 1. The number of ether oxygens (including phenoxy) is 1. The second-order valence-electron chi connectivity index (χ2n) is 7.09. The molecule has 7 nitrogen and oxygen atoms in total. The van der Waals surface area contributed by atoms with Crippen LogP contribution in [0.1, 0.15) is 18.4 Å². The van der Waals surface area contributed by atoms with Gasteiger partial charge in [-0.15, -0.1) is 0 Å². The zero-order chi connectivity index (χ0) is 20.1. The van der Waals surface area contributed by atoms with Crippen LogP contribution in [0.25, 0.3) is 11.4 Å². The lowest BCUT2D eigenvalue weighted by atomic mass is 9.97. The molecule has 3 aromatic rings. The van der Waals surface area contributed by atoms with E-state index in [1.165, 1.54) is 5.56 Å². The van der Waals surface area contributed by atoms with Gasteiger partial charge in [0.25, 0.3) is 0 Å². The van der Waals surface area contributed by atoms with Crippen LogP contribution in [-0.2, 0) is 11.2 Å². The first kappa shape index (κ1) is 19.4. The second kappa shape index (κ2) is 9.09. The molecule has 1 saturated heterocycles. The Balaban J connectivity index is 1.34. The van der Waals surface area contributed by atoms with Crippen LogP contribution in [0.4, 0.5) is 6.01 Å². The Labute approximate surface area is 173 Å². The van der Waals surface area contributed by atoms with E-state index in [0.29, 0.717) is 24.9 Å². The number of carbonyl (C=O) groups excluding carboxylic acids is 1. The van der Waals surface area contributed by atoms with Crippen LogP contribution in [0.2, 0.25) is 0 Å². The molecular weight excluding hydrogens is 388 g/mol. The smallest absolute Gasteiger partial charge is 0.324 e. The highest BCUT2D eigenvalue weighted by molar-refractivity contribution is 7.07. The molecule has 0 unspecified atom stereocenters. The van der Waals surface area contributed by atoms with E-state index in [9.17, 15) is 4.79 Å². The number of hydrogen-bond donors (Lipinski definition) is 1. The third-order valence-electron chi connectivity index (χ3n) is 5.12. The van der Waals surface area contributed by atoms with E-state index in [4.69, 9.17) is 9.26 Å². The summed E-state index contributed by atoms with van der Waals surface area (Å²) in [7, 11) is 1.63. The van der Waals surface area contributed by atoms with Crippen LogP contribution in [0.5, 0.6) is 5.75 Å². The first-order valence-corrected chi connectivity index (χ1v) is 10.7. The fraction of sp³-hybridized carbons (Fsp3) is 0.381. The van der Waals surface area contributed by atoms with E-state index in [0.717, 1.165) is 37.1 Å². The van der Waals surface area contributed by atoms with E-state index in [-0.39, 0.29) is 11.8 Å². The van der Waals surface area contributed by atoms with Crippen LogP contribution in [-0.4, -0.2) is 42.8 Å². The molecule has 1 aliphatic rings. The number of anilines is 1. The molecule has 4 rings (SSSR count). The topological polar surface area (TPSA) is 80.5 Å². The molecule has 2 aromatic heterocycles. The van der Waals surface area contributed by atoms with Gasteiger partial charge < -0.3 is 19.5 Å². The molecule has 152 valence electrons. The number of rotatable bonds is 7. The fourth-order valence-electron chi connectivity index (χ4n) is 3.48. The van der Waals surface area contributed by atoms with Gasteiger partial charge in [0, 0.05) is 25.2 Å². The summed E-state index contributed by atoms with van der Waals surface area (Å²) in [6.45, 7) is 2.06. The van der Waals surface area contributed by atoms with Gasteiger partial charge in [0.05, 0.1) is 13.0 Å². The van der Waals surface area contributed by atoms with Crippen LogP contribution in [0, 0.1) is 5.92 Å². The Bertz CT molecular complexity index is 924. The average Bonchev–Trinajstić information content (AvgIpc) is 3.46. The summed E-state index contributed by atoms with van der Waals surface area (Å²) in [5, 5.41) is 11.3. The minimum atomic E-state index is -0.0671. The van der Waals surface area contributed by atoms with E-state index in [2.05, 4.69) is 32.3 Å². The SMILES string of the molecule is COc1ccc(-c2noc(N3CCC[C@@H](C(=O)NCCc4ccsc4)C3)n2)cc1. The molecule has 1 fully saturated rings. The number of aromatic nitrogens is 2. The summed E-state index contributed by atoms with van der Waals surface area (Å²) >= 11 is 1.68. The normalized spacial score (nSPS) is 16.6. The zero-order valence-electron chi connectivity index (χ0n) is 16.3. The van der Waals surface area contributed by atoms with Crippen molar-refractivity contribution in [1.29, 1.82) is 0 Å². The molecule has 1 aromatic carbocycles. The lowest BCUT2D eigenvalue weighted by Gasteiger charge is -2.30. The third kappa shape index (κ3) is 4.76. The summed E-state index contributed by atoms with van der Waals surface area (Å²) in [5.41, 5.74) is 2.12. The first-order valence-electron chi connectivity index (χ1n) is 9.75. The van der Waals surface area contributed by atoms with Gasteiger partial charge in [-0.1, -0.05) is 5.16 Å². The minimum absolute atomic E-state index is 0.0671. The van der Waals surface area contributed by atoms with Gasteiger partial charge in [0.15, 0.2) is 0 Å². The number of carbonyl (C=O) groups is 1. The molecule has 0 bridgehead atoms. The zero-order valence-corrected chi connectivity index (χ0v) is 17.2. The summed E-state index contributed by atoms with van der Waals surface area (Å²) in [5.74, 6) is 1.34. The van der Waals surface area contributed by atoms with Crippen molar-refractivity contribution in [1.82, 2.24) is 15.5 Å². The van der Waals surface area contributed by atoms with Crippen LogP contribution < -0.4 is 15.0 Å². The first-order chi connectivity index (χ1) is 14.2. The van der Waals surface area contributed by atoms with E-state index in [1.54, 1.807) is 18.4 Å². The number of nitrogens with one attached hydrogen (secondary N) is 1. The van der Waals surface area contributed by atoms with Gasteiger partial charge in [-0.2, -0.15) is 16.3 Å². The molecule has 29 heavy (non-hydrogen) atoms. The van der Waals surface area contributed by atoms with E-state index in [1.807, 2.05) is 29.2 Å². The Hall–Kier alpha value is -2.87. The number of amides is 1. The van der Waals surface area contributed by atoms with Gasteiger partial charge in [0.2, 0.25) is 11.7 Å². The molecule has 0 spiro atoms. The Morgan fingerprint density at radius 2 is 2.21 bits per heavy atom. The van der Waals surface area contributed by atoms with Gasteiger partial charge in [0.1, 0.15) is 5.75 Å². The maximum Gasteiger partial charge on any atom is 0.324 e. The Morgan fingerprint density at radius 1 is 1.34 bits per heavy atom. The van der Waals surface area contributed by atoms with E-state index >= 15 is 0 Å². The van der Waals surface area contributed by atoms with Gasteiger partial charge >= 0.3 is 6.01 Å². The summed E-state index contributed by atoms with van der Waals surface area (Å²) in [6, 6.07) is 10.1. The number of benzene rings is 1. The molecule has 1 amide bonds. The number of piperidine rings is 1. The van der Waals surface area contributed by atoms with Crippen LogP contribution in [0.15, 0.2) is 45.6 Å². The lowest BCUT2D eigenvalue weighted by Crippen LogP contribution is -2.43. The summed E-state index contributed by atoms with van der Waals surface area (Å²) in [6.07, 6.45) is 2.66. The molecule has 1 N–H and O–H groups in total. The molecule has 1 aliphatic heterocycles. The van der Waals surface area contributed by atoms with Crippen LogP contribution in [0.3, 0.4) is 0 Å². The minimum Gasteiger partial charge on any atom is -0.497 e. The molecule has 0 radical (unpaired) electrons. The second-order valence-corrected chi connectivity index (χ2v) is 7.87. The largest absolute Gasteiger partial charge is 0.497 e. The Morgan fingerprint density at radius 3 is 2.97 bits per heavy atom. The summed E-state index contributed by atoms with van der Waals surface area (Å²) < 4.78 is 10.7. The van der Waals surface area contributed by atoms with Crippen LogP contribution >= 0.6 is 11.3 Å². The molecule has 0 aliphatic carbocycles. The molecule has 0 saturated carbocycles. The van der Waals surface area contributed by atoms with Crippen molar-refractivity contribution in [2.24, 2.45) is 5.92 Å². The Kier molecular flexibility index (Phi) is 6.09. The average molecular weight is 413 g/mol. The van der Waals surface area contributed by atoms with Gasteiger partial charge in [-0.3, -0.25) is 4.79 Å². The van der Waals surface area contributed by atoms with Crippen molar-refractivity contribution < 1.29 is 14.1 Å². The predicted octanol–water partition coefficient (Wildman–Crippen LogP) is 3.38. The van der Waals surface area contributed by atoms with Crippen molar-refractivity contribution in [2.45, 2.75) is 19.3 Å². The quantitative estimate of drug-likeness (QED) is 0.641. The van der Waals surface area contributed by atoms with Crippen molar-refractivity contribution >= 4 is 23.3 Å². The molecule has 1 atom stereocenters. The third-order valence-corrected chi connectivity index (χ3v) is 5.85. The van der Waals surface area contributed by atoms with Gasteiger partial charge in [-0.25, -0.2) is 0 Å². The number of hydrogen-bond acceptors (Lipinski definition) is 7. The predicted molar refractivity (Wildman–Crippen MR) is 112 cm³/mol. The van der Waals surface area contributed by atoms with Gasteiger partial charge in [-0.05, 0) is 65.9 Å². The summed E-state index contributed by atoms with van der Waals surface area (Å²) in [4.78, 5) is 19.1. The number of thiophene rings is 1. The fourth-order valence-corrected chi connectivity index (χ4v) is 4.18. The maximum atomic E-state index is 12.6. The van der Waals surface area contributed by atoms with Crippen molar-refractivity contribution in [3.05, 3.63) is 46.7 Å². The monoisotopic (exact) mass is 412 g/mol. The highest BCUT2D eigenvalue weighted by Crippen LogP contribution is 2.25. The molecule has 3 heterocycles. The van der Waals surface area contributed by atoms with Crippen molar-refractivity contribution in [3.8, 4) is 17.1 Å². The molecule has 8 heteroatoms. The highest BCUT2D eigenvalue weighted by Gasteiger charge is 2.28. The molecular formula is C21H24N4O3S.